The van der Waals surface area contributed by atoms with E-state index < -0.39 is 92.4 Å². The number of esters is 1. The Balaban J connectivity index is 1.12. The van der Waals surface area contributed by atoms with Crippen LogP contribution in [0.4, 0.5) is 0 Å². The van der Waals surface area contributed by atoms with E-state index in [-0.39, 0.29) is 45.6 Å². The lowest BCUT2D eigenvalue weighted by Gasteiger charge is -2.41. The summed E-state index contributed by atoms with van der Waals surface area (Å²) in [6.45, 7) is -1.33. The molecule has 3 aromatic rings. The number of phenols is 4. The van der Waals surface area contributed by atoms with Gasteiger partial charge >= 0.3 is 5.97 Å². The van der Waals surface area contributed by atoms with E-state index in [0.29, 0.717) is 5.56 Å². The third-order valence-electron chi connectivity index (χ3n) is 8.89. The highest BCUT2D eigenvalue weighted by atomic mass is 16.7. The Kier molecular flexibility index (Phi) is 11.5. The molecule has 2 saturated heterocycles. The van der Waals surface area contributed by atoms with Crippen molar-refractivity contribution in [3.8, 4) is 34.5 Å². The maximum Gasteiger partial charge on any atom is 0.330 e. The summed E-state index contributed by atoms with van der Waals surface area (Å²) in [5.74, 6) is -2.23. The fourth-order valence-corrected chi connectivity index (χ4v) is 5.90. The summed E-state index contributed by atoms with van der Waals surface area (Å²) in [5.41, 5.74) is 0.832. The van der Waals surface area contributed by atoms with Gasteiger partial charge in [-0.25, -0.2) is 4.79 Å². The third-order valence-corrected chi connectivity index (χ3v) is 8.89. The first kappa shape index (κ1) is 38.6. The number of aromatic hydroxyl groups is 4. The topological polar surface area (TPSA) is 295 Å². The lowest BCUT2D eigenvalue weighted by Crippen LogP contribution is -2.60. The molecule has 6 rings (SSSR count). The highest BCUT2D eigenvalue weighted by Crippen LogP contribution is 2.44. The Morgan fingerprint density at radius 1 is 0.704 bits per heavy atom. The number of aliphatic hydroxyl groups excluding tert-OH is 7. The van der Waals surface area contributed by atoms with E-state index in [1.165, 1.54) is 60.7 Å². The first-order valence-corrected chi connectivity index (χ1v) is 16.5. The van der Waals surface area contributed by atoms with Gasteiger partial charge in [0.2, 0.25) is 12.6 Å². The van der Waals surface area contributed by atoms with E-state index in [4.69, 9.17) is 28.4 Å². The molecule has 3 heterocycles. The van der Waals surface area contributed by atoms with Crippen molar-refractivity contribution in [2.24, 2.45) is 0 Å². The van der Waals surface area contributed by atoms with Crippen molar-refractivity contribution in [2.45, 2.75) is 67.5 Å². The number of ether oxygens (including phenoxy) is 6. The maximum atomic E-state index is 12.7. The smallest absolute Gasteiger partial charge is 0.330 e. The minimum absolute atomic E-state index is 0.0377. The van der Waals surface area contributed by atoms with Gasteiger partial charge in [0.05, 0.1) is 12.2 Å². The van der Waals surface area contributed by atoms with Crippen LogP contribution in [0.15, 0.2) is 66.4 Å². The molecule has 0 aliphatic carbocycles. The molecule has 3 aliphatic rings. The molecular formula is C36H38O18. The van der Waals surface area contributed by atoms with Crippen LogP contribution in [0.5, 0.6) is 34.5 Å². The average Bonchev–Trinajstić information content (AvgIpc) is 3.15. The maximum absolute atomic E-state index is 12.7. The number of aliphatic hydroxyl groups is 7. The van der Waals surface area contributed by atoms with Gasteiger partial charge in [-0.05, 0) is 42.0 Å². The Labute approximate surface area is 305 Å². The summed E-state index contributed by atoms with van der Waals surface area (Å²) >= 11 is 0. The Morgan fingerprint density at radius 3 is 2.04 bits per heavy atom. The zero-order chi connectivity index (χ0) is 38.8. The number of phenolic OH excluding ortho intramolecular Hbond substituents is 4. The van der Waals surface area contributed by atoms with Gasteiger partial charge < -0.3 is 84.6 Å². The molecule has 3 aromatic carbocycles. The van der Waals surface area contributed by atoms with Gasteiger partial charge in [0, 0.05) is 23.8 Å². The minimum atomic E-state index is -1.84. The van der Waals surface area contributed by atoms with E-state index >= 15 is 0 Å². The number of hydrogen-bond donors (Lipinski definition) is 11. The molecule has 18 heteroatoms. The van der Waals surface area contributed by atoms with E-state index in [2.05, 4.69) is 0 Å². The van der Waals surface area contributed by atoms with Crippen LogP contribution >= 0.6 is 0 Å². The first-order chi connectivity index (χ1) is 25.7. The van der Waals surface area contributed by atoms with Crippen LogP contribution in [0.1, 0.15) is 22.8 Å². The largest absolute Gasteiger partial charge is 0.508 e. The number of rotatable bonds is 10. The molecule has 290 valence electrons. The second-order valence-electron chi connectivity index (χ2n) is 12.7. The summed E-state index contributed by atoms with van der Waals surface area (Å²) in [4.78, 5) is 12.7. The third kappa shape index (κ3) is 8.16. The van der Waals surface area contributed by atoms with Crippen molar-refractivity contribution >= 4 is 18.1 Å². The molecule has 11 atom stereocenters. The molecule has 54 heavy (non-hydrogen) atoms. The quantitative estimate of drug-likeness (QED) is 0.0895. The monoisotopic (exact) mass is 758 g/mol. The lowest BCUT2D eigenvalue weighted by atomic mass is 9.98. The molecular weight excluding hydrogens is 720 g/mol. The number of carbonyl (C=O) groups is 1. The lowest BCUT2D eigenvalue weighted by molar-refractivity contribution is -0.294. The summed E-state index contributed by atoms with van der Waals surface area (Å²) in [6.07, 6.45) is -13.9. The van der Waals surface area contributed by atoms with Gasteiger partial charge in [0.25, 0.3) is 0 Å². The summed E-state index contributed by atoms with van der Waals surface area (Å²) < 4.78 is 33.7. The Hall–Kier alpha value is -5.15. The van der Waals surface area contributed by atoms with Crippen molar-refractivity contribution in [2.75, 3.05) is 13.2 Å². The van der Waals surface area contributed by atoms with Crippen molar-refractivity contribution in [1.82, 2.24) is 0 Å². The van der Waals surface area contributed by atoms with Crippen molar-refractivity contribution in [3.63, 3.8) is 0 Å². The highest BCUT2D eigenvalue weighted by Gasteiger charge is 2.47. The van der Waals surface area contributed by atoms with Gasteiger partial charge in [-0.3, -0.25) is 0 Å². The molecule has 1 unspecified atom stereocenters. The zero-order valence-corrected chi connectivity index (χ0v) is 28.0. The van der Waals surface area contributed by atoms with Crippen LogP contribution < -0.4 is 9.47 Å². The predicted molar refractivity (Wildman–Crippen MR) is 179 cm³/mol. The molecule has 0 spiro atoms. The van der Waals surface area contributed by atoms with E-state index in [9.17, 15) is 61.0 Å². The number of carbonyl (C=O) groups excluding carboxylic acids is 1. The normalized spacial score (nSPS) is 30.9. The summed E-state index contributed by atoms with van der Waals surface area (Å²) in [7, 11) is 0. The molecule has 0 saturated carbocycles. The van der Waals surface area contributed by atoms with Crippen LogP contribution in [0.2, 0.25) is 0 Å². The summed E-state index contributed by atoms with van der Waals surface area (Å²) in [5, 5.41) is 112. The second-order valence-corrected chi connectivity index (χ2v) is 12.7. The number of benzene rings is 3. The fraction of sp³-hybridized carbons (Fsp3) is 0.361. The minimum Gasteiger partial charge on any atom is -0.508 e. The van der Waals surface area contributed by atoms with Crippen molar-refractivity contribution in [1.29, 1.82) is 0 Å². The standard InChI is InChI=1S/C36H38O18/c37-13-25-28(43)30(45)32(47)35(53-25)51-23-9-15(1-7-20(23)40)2-8-27(42)49-14-26-29(44)31(46)33(48)36(54-26)52-24-12-19-21(41)10-18(39)11-22(19)50-34(24)16-3-5-17(38)6-4-16/h1-12,25-26,28-41,43-48H,13-14H2/b8-2+/t25-,26+,28+,29+,30+,31+,32-,33+,34?,35+,36+/m0/s1. The average molecular weight is 759 g/mol. The Morgan fingerprint density at radius 2 is 1.35 bits per heavy atom. The van der Waals surface area contributed by atoms with E-state index in [1.54, 1.807) is 0 Å². The van der Waals surface area contributed by atoms with Crippen molar-refractivity contribution in [3.05, 3.63) is 83.1 Å². The van der Waals surface area contributed by atoms with E-state index in [1.807, 2.05) is 0 Å². The van der Waals surface area contributed by atoms with Gasteiger partial charge in [-0.2, -0.15) is 0 Å². The number of hydrogen-bond acceptors (Lipinski definition) is 18. The molecule has 11 N–H and O–H groups in total. The van der Waals surface area contributed by atoms with Gasteiger partial charge in [0.15, 0.2) is 17.6 Å². The molecule has 0 radical (unpaired) electrons. The van der Waals surface area contributed by atoms with Crippen LogP contribution in [0, 0.1) is 0 Å². The van der Waals surface area contributed by atoms with Gasteiger partial charge in [-0.1, -0.05) is 18.2 Å². The highest BCUT2D eigenvalue weighted by molar-refractivity contribution is 5.87. The zero-order valence-electron chi connectivity index (χ0n) is 28.0. The predicted octanol–water partition coefficient (Wildman–Crippen LogP) is -0.757. The summed E-state index contributed by atoms with van der Waals surface area (Å²) in [6, 6.07) is 12.0. The first-order valence-electron chi connectivity index (χ1n) is 16.5. The van der Waals surface area contributed by atoms with Gasteiger partial charge in [0.1, 0.15) is 84.2 Å². The van der Waals surface area contributed by atoms with Crippen LogP contribution in [0.25, 0.3) is 12.2 Å². The molecule has 18 nitrogen and oxygen atoms in total. The molecule has 0 bridgehead atoms. The molecule has 2 fully saturated rings. The molecule has 0 amide bonds. The van der Waals surface area contributed by atoms with Crippen LogP contribution in [0.3, 0.4) is 0 Å². The molecule has 3 aliphatic heterocycles. The van der Waals surface area contributed by atoms with Gasteiger partial charge in [-0.15, -0.1) is 0 Å². The number of fused-ring (bicyclic) bond motifs is 1. The second kappa shape index (κ2) is 16.1. The fourth-order valence-electron chi connectivity index (χ4n) is 5.90. The van der Waals surface area contributed by atoms with Crippen molar-refractivity contribution < 1.29 is 89.4 Å². The Bertz CT molecular complexity index is 1860. The molecule has 0 aromatic heterocycles. The van der Waals surface area contributed by atoms with E-state index in [0.717, 1.165) is 12.1 Å². The SMILES string of the molecule is O=C(/C=C/c1ccc(O)c(O[C@@H]2O[C@@H](CO)[C@@H](O)[C@@H](O)[C@@H]2O)c1)OC[C@H]1O[C@@H](OC2=Cc3c(O)cc(O)cc3OC2c2ccc(O)cc2)[C@H](O)[C@H](O)[C@@H]1O. The van der Waals surface area contributed by atoms with Crippen LogP contribution in [-0.4, -0.2) is 137 Å². The van der Waals surface area contributed by atoms with Crippen LogP contribution in [-0.2, 0) is 23.7 Å².